The van der Waals surface area contributed by atoms with Gasteiger partial charge in [-0.15, -0.1) is 12.4 Å². The molecule has 0 saturated heterocycles. The summed E-state index contributed by atoms with van der Waals surface area (Å²) in [5, 5.41) is 3.54. The van der Waals surface area contributed by atoms with E-state index in [0.717, 1.165) is 40.9 Å². The van der Waals surface area contributed by atoms with Gasteiger partial charge in [0.05, 0.1) is 6.54 Å². The summed E-state index contributed by atoms with van der Waals surface area (Å²) < 4.78 is 7.02. The Morgan fingerprint density at radius 3 is 2.40 bits per heavy atom. The largest absolute Gasteiger partial charge is 0.460 e. The third kappa shape index (κ3) is 6.03. The number of benzene rings is 2. The molecule has 1 heterocycles. The summed E-state index contributed by atoms with van der Waals surface area (Å²) in [5.74, 6) is 1.88. The summed E-state index contributed by atoms with van der Waals surface area (Å²) in [7, 11) is 0. The molecular weight excluding hydrogens is 398 g/mol. The molecule has 2 nitrogen and oxygen atoms in total. The molecule has 0 amide bonds. The van der Waals surface area contributed by atoms with Crippen molar-refractivity contribution in [3.05, 3.63) is 82.5 Å². The molecule has 0 aliphatic carbocycles. The van der Waals surface area contributed by atoms with Crippen LogP contribution in [0.2, 0.25) is 0 Å². The van der Waals surface area contributed by atoms with Gasteiger partial charge < -0.3 is 9.73 Å². The lowest BCUT2D eigenvalue weighted by atomic mass is 10.1. The van der Waals surface area contributed by atoms with Crippen LogP contribution < -0.4 is 5.32 Å². The van der Waals surface area contributed by atoms with E-state index in [1.165, 1.54) is 5.56 Å². The van der Waals surface area contributed by atoms with Gasteiger partial charge in [0.2, 0.25) is 0 Å². The minimum absolute atomic E-state index is 0. The average molecular weight is 421 g/mol. The Kier molecular flexibility index (Phi) is 7.76. The van der Waals surface area contributed by atoms with Gasteiger partial charge in [-0.2, -0.15) is 0 Å². The summed E-state index contributed by atoms with van der Waals surface area (Å²) in [6.07, 6.45) is 2.21. The van der Waals surface area contributed by atoms with Crippen LogP contribution in [0.4, 0.5) is 0 Å². The Hall–Kier alpha value is -1.55. The smallest absolute Gasteiger partial charge is 0.134 e. The van der Waals surface area contributed by atoms with Gasteiger partial charge >= 0.3 is 0 Å². The molecule has 0 saturated carbocycles. The molecule has 1 atom stereocenters. The van der Waals surface area contributed by atoms with Crippen molar-refractivity contribution >= 4 is 28.3 Å². The van der Waals surface area contributed by atoms with E-state index in [0.29, 0.717) is 6.04 Å². The molecule has 1 unspecified atom stereocenters. The highest BCUT2D eigenvalue weighted by Crippen LogP contribution is 2.24. The number of hydrogen-bond acceptors (Lipinski definition) is 2. The second-order valence-corrected chi connectivity index (χ2v) is 6.99. The van der Waals surface area contributed by atoms with Crippen LogP contribution in [0.3, 0.4) is 0 Å². The highest BCUT2D eigenvalue weighted by Gasteiger charge is 2.07. The zero-order valence-electron chi connectivity index (χ0n) is 14.2. The van der Waals surface area contributed by atoms with E-state index >= 15 is 0 Å². The van der Waals surface area contributed by atoms with E-state index in [4.69, 9.17) is 4.42 Å². The molecular formula is C21H23BrClNO. The molecule has 0 spiro atoms. The van der Waals surface area contributed by atoms with E-state index in [9.17, 15) is 0 Å². The Bertz CT molecular complexity index is 755. The van der Waals surface area contributed by atoms with Crippen molar-refractivity contribution in [1.29, 1.82) is 0 Å². The van der Waals surface area contributed by atoms with E-state index in [1.54, 1.807) is 0 Å². The van der Waals surface area contributed by atoms with Crippen molar-refractivity contribution < 1.29 is 4.42 Å². The molecule has 1 aromatic heterocycles. The van der Waals surface area contributed by atoms with E-state index in [1.807, 2.05) is 24.3 Å². The highest BCUT2D eigenvalue weighted by atomic mass is 79.9. The number of rotatable bonds is 7. The van der Waals surface area contributed by atoms with Crippen molar-refractivity contribution in [2.45, 2.75) is 32.4 Å². The topological polar surface area (TPSA) is 25.2 Å². The van der Waals surface area contributed by atoms with E-state index < -0.39 is 0 Å². The number of halogens is 2. The first-order valence-electron chi connectivity index (χ1n) is 8.32. The van der Waals surface area contributed by atoms with E-state index in [2.05, 4.69) is 70.6 Å². The Balaban J connectivity index is 0.00000225. The summed E-state index contributed by atoms with van der Waals surface area (Å²) in [6, 6.07) is 23.3. The third-order valence-electron chi connectivity index (χ3n) is 4.12. The normalized spacial score (nSPS) is 11.8. The molecule has 0 radical (unpaired) electrons. The van der Waals surface area contributed by atoms with Gasteiger partial charge in [-0.3, -0.25) is 0 Å². The van der Waals surface area contributed by atoms with Crippen LogP contribution >= 0.6 is 28.3 Å². The zero-order chi connectivity index (χ0) is 16.8. The molecule has 1 N–H and O–H groups in total. The fourth-order valence-corrected chi connectivity index (χ4v) is 2.91. The molecule has 0 bridgehead atoms. The van der Waals surface area contributed by atoms with Crippen molar-refractivity contribution in [3.63, 3.8) is 0 Å². The van der Waals surface area contributed by atoms with Crippen LogP contribution in [0.15, 0.2) is 75.6 Å². The van der Waals surface area contributed by atoms with Gasteiger partial charge in [0, 0.05) is 16.1 Å². The molecule has 3 rings (SSSR count). The van der Waals surface area contributed by atoms with Crippen LogP contribution in [0.25, 0.3) is 11.3 Å². The van der Waals surface area contributed by atoms with Gasteiger partial charge in [-0.05, 0) is 49.6 Å². The molecule has 0 aliphatic rings. The minimum atomic E-state index is 0. The maximum Gasteiger partial charge on any atom is 0.134 e. The van der Waals surface area contributed by atoms with Crippen molar-refractivity contribution in [2.75, 3.05) is 0 Å². The Morgan fingerprint density at radius 2 is 1.68 bits per heavy atom. The summed E-state index contributed by atoms with van der Waals surface area (Å²) >= 11 is 3.45. The first-order valence-corrected chi connectivity index (χ1v) is 9.12. The quantitative estimate of drug-likeness (QED) is 0.489. The molecule has 3 aromatic rings. The van der Waals surface area contributed by atoms with Crippen LogP contribution in [0.1, 0.15) is 24.7 Å². The Morgan fingerprint density at radius 1 is 0.960 bits per heavy atom. The molecule has 0 fully saturated rings. The second kappa shape index (κ2) is 9.81. The van der Waals surface area contributed by atoms with Crippen molar-refractivity contribution in [1.82, 2.24) is 5.32 Å². The zero-order valence-corrected chi connectivity index (χ0v) is 16.6. The Labute approximate surface area is 164 Å². The van der Waals surface area contributed by atoms with Crippen LogP contribution in [-0.2, 0) is 13.0 Å². The third-order valence-corrected chi connectivity index (χ3v) is 4.65. The molecule has 2 aromatic carbocycles. The number of aryl methyl sites for hydroxylation is 1. The monoisotopic (exact) mass is 419 g/mol. The first-order chi connectivity index (χ1) is 11.7. The lowest BCUT2D eigenvalue weighted by Crippen LogP contribution is -2.25. The van der Waals surface area contributed by atoms with Crippen molar-refractivity contribution in [2.24, 2.45) is 0 Å². The predicted molar refractivity (Wildman–Crippen MR) is 110 cm³/mol. The standard InChI is InChI=1S/C21H22BrNO.ClH/c1-16(7-8-17-5-3-2-4-6-17)23-15-20-13-14-21(24-20)18-9-11-19(22)12-10-18;/h2-6,9-14,16,23H,7-8,15H2,1H3;1H. The van der Waals surface area contributed by atoms with Crippen LogP contribution in [0.5, 0.6) is 0 Å². The second-order valence-electron chi connectivity index (χ2n) is 6.08. The lowest BCUT2D eigenvalue weighted by molar-refractivity contribution is 0.449. The maximum atomic E-state index is 5.94. The lowest BCUT2D eigenvalue weighted by Gasteiger charge is -2.12. The minimum Gasteiger partial charge on any atom is -0.460 e. The van der Waals surface area contributed by atoms with Gasteiger partial charge in [0.1, 0.15) is 11.5 Å². The first kappa shape index (κ1) is 19.8. The fourth-order valence-electron chi connectivity index (χ4n) is 2.65. The average Bonchev–Trinajstić information content (AvgIpc) is 3.09. The predicted octanol–water partition coefficient (Wildman–Crippen LogP) is 6.24. The van der Waals surface area contributed by atoms with Gasteiger partial charge in [0.25, 0.3) is 0 Å². The van der Waals surface area contributed by atoms with Gasteiger partial charge in [-0.1, -0.05) is 58.4 Å². The molecule has 0 aliphatic heterocycles. The molecule has 25 heavy (non-hydrogen) atoms. The number of furan rings is 1. The number of hydrogen-bond donors (Lipinski definition) is 1. The van der Waals surface area contributed by atoms with Gasteiger partial charge in [-0.25, -0.2) is 0 Å². The van der Waals surface area contributed by atoms with Gasteiger partial charge in [0.15, 0.2) is 0 Å². The van der Waals surface area contributed by atoms with E-state index in [-0.39, 0.29) is 12.4 Å². The van der Waals surface area contributed by atoms with Crippen LogP contribution in [-0.4, -0.2) is 6.04 Å². The van der Waals surface area contributed by atoms with Crippen molar-refractivity contribution in [3.8, 4) is 11.3 Å². The fraction of sp³-hybridized carbons (Fsp3) is 0.238. The summed E-state index contributed by atoms with van der Waals surface area (Å²) in [4.78, 5) is 0. The highest BCUT2D eigenvalue weighted by molar-refractivity contribution is 9.10. The summed E-state index contributed by atoms with van der Waals surface area (Å²) in [6.45, 7) is 2.98. The SMILES string of the molecule is CC(CCc1ccccc1)NCc1ccc(-c2ccc(Br)cc2)o1.Cl. The molecule has 132 valence electrons. The maximum absolute atomic E-state index is 5.94. The summed E-state index contributed by atoms with van der Waals surface area (Å²) in [5.41, 5.74) is 2.49. The number of nitrogens with one attached hydrogen (secondary N) is 1. The molecule has 4 heteroatoms. The van der Waals surface area contributed by atoms with Crippen LogP contribution in [0, 0.1) is 0 Å².